The van der Waals surface area contributed by atoms with Crippen LogP contribution in [0.2, 0.25) is 0 Å². The average Bonchev–Trinajstić information content (AvgIpc) is 2.62. The molecule has 1 aromatic heterocycles. The highest BCUT2D eigenvalue weighted by molar-refractivity contribution is 7.09. The van der Waals surface area contributed by atoms with Gasteiger partial charge >= 0.3 is 0 Å². The predicted molar refractivity (Wildman–Crippen MR) is 58.4 cm³/mol. The first-order valence-electron chi connectivity index (χ1n) is 4.81. The molecule has 0 radical (unpaired) electrons. The maximum absolute atomic E-state index is 11.6. The van der Waals surface area contributed by atoms with Crippen molar-refractivity contribution in [3.63, 3.8) is 0 Å². The van der Waals surface area contributed by atoms with Gasteiger partial charge in [0, 0.05) is 18.3 Å². The van der Waals surface area contributed by atoms with Gasteiger partial charge in [0.15, 0.2) is 5.78 Å². The van der Waals surface area contributed by atoms with E-state index in [0.717, 1.165) is 11.4 Å². The number of carbonyl (C=O) groups excluding carboxylic acids is 1. The predicted octanol–water partition coefficient (Wildman–Crippen LogP) is 2.22. The van der Waals surface area contributed by atoms with Crippen LogP contribution in [0.1, 0.15) is 42.2 Å². The molecule has 4 heteroatoms. The summed E-state index contributed by atoms with van der Waals surface area (Å²) in [7, 11) is 0. The molecule has 0 aliphatic carbocycles. The Kier molecular flexibility index (Phi) is 4.22. The molecule has 1 aromatic rings. The number of Topliss-reactive ketones (excluding diaryl/α,β-unsaturated/α-hetero) is 1. The van der Waals surface area contributed by atoms with Crippen LogP contribution >= 0.6 is 11.3 Å². The summed E-state index contributed by atoms with van der Waals surface area (Å²) in [5, 5.41) is 2.63. The maximum Gasteiger partial charge on any atom is 0.182 e. The molecular formula is C10H16N2OS. The number of hydrogen-bond donors (Lipinski definition) is 1. The number of carbonyl (C=O) groups is 1. The van der Waals surface area contributed by atoms with Gasteiger partial charge in [-0.15, -0.1) is 11.3 Å². The van der Waals surface area contributed by atoms with Crippen molar-refractivity contribution in [1.29, 1.82) is 0 Å². The minimum atomic E-state index is 0.134. The topological polar surface area (TPSA) is 56.0 Å². The summed E-state index contributed by atoms with van der Waals surface area (Å²) in [4.78, 5) is 15.7. The highest BCUT2D eigenvalue weighted by Crippen LogP contribution is 2.13. The fourth-order valence-electron chi connectivity index (χ4n) is 1.08. The quantitative estimate of drug-likeness (QED) is 0.761. The van der Waals surface area contributed by atoms with Crippen LogP contribution in [-0.4, -0.2) is 10.8 Å². The second-order valence-corrected chi connectivity index (χ2v) is 4.63. The first kappa shape index (κ1) is 11.3. The average molecular weight is 212 g/mol. The van der Waals surface area contributed by atoms with Gasteiger partial charge in [0.2, 0.25) is 0 Å². The Labute approximate surface area is 88.3 Å². The van der Waals surface area contributed by atoms with E-state index in [-0.39, 0.29) is 5.78 Å². The zero-order valence-electron chi connectivity index (χ0n) is 8.62. The minimum Gasteiger partial charge on any atom is -0.325 e. The van der Waals surface area contributed by atoms with E-state index in [0.29, 0.717) is 24.6 Å². The van der Waals surface area contributed by atoms with E-state index in [1.165, 1.54) is 11.3 Å². The molecule has 0 saturated carbocycles. The Morgan fingerprint density at radius 3 is 2.86 bits per heavy atom. The molecule has 3 nitrogen and oxygen atoms in total. The summed E-state index contributed by atoms with van der Waals surface area (Å²) in [6.07, 6.45) is 1.51. The molecule has 0 saturated heterocycles. The van der Waals surface area contributed by atoms with Crippen LogP contribution in [0.4, 0.5) is 0 Å². The fraction of sp³-hybridized carbons (Fsp3) is 0.600. The SMILES string of the molecule is CC(C)CCC(=O)c1csc(CN)n1. The fourth-order valence-corrected chi connectivity index (χ4v) is 1.76. The summed E-state index contributed by atoms with van der Waals surface area (Å²) in [5.74, 6) is 0.696. The number of nitrogens with zero attached hydrogens (tertiary/aromatic N) is 1. The van der Waals surface area contributed by atoms with E-state index in [4.69, 9.17) is 5.73 Å². The first-order valence-corrected chi connectivity index (χ1v) is 5.69. The molecule has 0 amide bonds. The summed E-state index contributed by atoms with van der Waals surface area (Å²) in [6.45, 7) is 4.64. The molecule has 0 aliphatic heterocycles. The van der Waals surface area contributed by atoms with Gasteiger partial charge in [0.1, 0.15) is 10.7 Å². The van der Waals surface area contributed by atoms with E-state index < -0.39 is 0 Å². The Balaban J connectivity index is 2.52. The van der Waals surface area contributed by atoms with Crippen LogP contribution in [-0.2, 0) is 6.54 Å². The monoisotopic (exact) mass is 212 g/mol. The van der Waals surface area contributed by atoms with Crippen molar-refractivity contribution in [1.82, 2.24) is 4.98 Å². The molecule has 0 spiro atoms. The highest BCUT2D eigenvalue weighted by Gasteiger charge is 2.10. The normalized spacial score (nSPS) is 10.9. The van der Waals surface area contributed by atoms with Gasteiger partial charge in [-0.25, -0.2) is 4.98 Å². The third kappa shape index (κ3) is 3.20. The Morgan fingerprint density at radius 1 is 1.64 bits per heavy atom. The van der Waals surface area contributed by atoms with E-state index in [9.17, 15) is 4.79 Å². The molecule has 1 rings (SSSR count). The lowest BCUT2D eigenvalue weighted by Crippen LogP contribution is -2.03. The van der Waals surface area contributed by atoms with Crippen molar-refractivity contribution in [3.8, 4) is 0 Å². The van der Waals surface area contributed by atoms with Crippen molar-refractivity contribution in [2.24, 2.45) is 11.7 Å². The van der Waals surface area contributed by atoms with Crippen LogP contribution in [0.15, 0.2) is 5.38 Å². The maximum atomic E-state index is 11.6. The van der Waals surface area contributed by atoms with E-state index in [1.54, 1.807) is 5.38 Å². The van der Waals surface area contributed by atoms with Gasteiger partial charge in [0.25, 0.3) is 0 Å². The largest absolute Gasteiger partial charge is 0.325 e. The molecule has 0 atom stereocenters. The van der Waals surface area contributed by atoms with Gasteiger partial charge in [-0.05, 0) is 12.3 Å². The first-order chi connectivity index (χ1) is 6.63. The molecule has 0 aromatic carbocycles. The summed E-state index contributed by atoms with van der Waals surface area (Å²) >= 11 is 1.46. The van der Waals surface area contributed by atoms with Gasteiger partial charge < -0.3 is 5.73 Å². The second-order valence-electron chi connectivity index (χ2n) is 3.69. The van der Waals surface area contributed by atoms with Gasteiger partial charge in [-0.1, -0.05) is 13.8 Å². The summed E-state index contributed by atoms with van der Waals surface area (Å²) < 4.78 is 0. The highest BCUT2D eigenvalue weighted by atomic mass is 32.1. The van der Waals surface area contributed by atoms with E-state index >= 15 is 0 Å². The lowest BCUT2D eigenvalue weighted by atomic mass is 10.1. The van der Waals surface area contributed by atoms with Crippen molar-refractivity contribution in [3.05, 3.63) is 16.1 Å². The number of nitrogens with two attached hydrogens (primary N) is 1. The molecule has 0 bridgehead atoms. The van der Waals surface area contributed by atoms with Gasteiger partial charge in [-0.2, -0.15) is 0 Å². The van der Waals surface area contributed by atoms with Crippen LogP contribution in [0.25, 0.3) is 0 Å². The van der Waals surface area contributed by atoms with Crippen LogP contribution < -0.4 is 5.73 Å². The van der Waals surface area contributed by atoms with Crippen molar-refractivity contribution >= 4 is 17.1 Å². The molecule has 0 fully saturated rings. The molecular weight excluding hydrogens is 196 g/mol. The van der Waals surface area contributed by atoms with E-state index in [1.807, 2.05) is 0 Å². The third-order valence-corrected chi connectivity index (χ3v) is 2.83. The van der Waals surface area contributed by atoms with Crippen LogP contribution in [0.5, 0.6) is 0 Å². The molecule has 78 valence electrons. The Morgan fingerprint density at radius 2 is 2.36 bits per heavy atom. The summed E-state index contributed by atoms with van der Waals surface area (Å²) in [6, 6.07) is 0. The zero-order valence-corrected chi connectivity index (χ0v) is 9.43. The van der Waals surface area contributed by atoms with Gasteiger partial charge in [0.05, 0.1) is 0 Å². The molecule has 1 heterocycles. The Bertz CT molecular complexity index is 307. The molecule has 0 unspecified atom stereocenters. The number of aromatic nitrogens is 1. The minimum absolute atomic E-state index is 0.134. The lowest BCUT2D eigenvalue weighted by Gasteiger charge is -2.01. The third-order valence-electron chi connectivity index (χ3n) is 1.96. The van der Waals surface area contributed by atoms with Crippen molar-refractivity contribution in [2.75, 3.05) is 0 Å². The van der Waals surface area contributed by atoms with Gasteiger partial charge in [-0.3, -0.25) is 4.79 Å². The van der Waals surface area contributed by atoms with Crippen LogP contribution in [0.3, 0.4) is 0 Å². The van der Waals surface area contributed by atoms with Crippen LogP contribution in [0, 0.1) is 5.92 Å². The zero-order chi connectivity index (χ0) is 10.6. The summed E-state index contributed by atoms with van der Waals surface area (Å²) in [5.41, 5.74) is 6.00. The second kappa shape index (κ2) is 5.22. The number of thiazole rings is 1. The lowest BCUT2D eigenvalue weighted by molar-refractivity contribution is 0.0971. The Hall–Kier alpha value is -0.740. The number of rotatable bonds is 5. The van der Waals surface area contributed by atoms with E-state index in [2.05, 4.69) is 18.8 Å². The van der Waals surface area contributed by atoms with Crippen molar-refractivity contribution < 1.29 is 4.79 Å². The molecule has 14 heavy (non-hydrogen) atoms. The number of hydrogen-bond acceptors (Lipinski definition) is 4. The standard InChI is InChI=1S/C10H16N2OS/c1-7(2)3-4-9(13)8-6-14-10(5-11)12-8/h6-7H,3-5,11H2,1-2H3. The molecule has 2 N–H and O–H groups in total. The van der Waals surface area contributed by atoms with Crippen molar-refractivity contribution in [2.45, 2.75) is 33.2 Å². The smallest absolute Gasteiger partial charge is 0.182 e. The number of ketones is 1. The molecule has 0 aliphatic rings.